The quantitative estimate of drug-likeness (QED) is 0.748. The second-order valence-electron chi connectivity index (χ2n) is 7.42. The fourth-order valence-electron chi connectivity index (χ4n) is 3.76. The third-order valence-electron chi connectivity index (χ3n) is 5.25. The van der Waals surface area contributed by atoms with E-state index in [-0.39, 0.29) is 17.8 Å². The molecule has 2 aliphatic rings. The maximum atomic E-state index is 13.7. The maximum Gasteiger partial charge on any atom is 0.422 e. The van der Waals surface area contributed by atoms with Crippen LogP contribution in [0.15, 0.2) is 18.2 Å². The molecule has 0 aliphatic heterocycles. The van der Waals surface area contributed by atoms with E-state index in [1.54, 1.807) is 6.92 Å². The standard InChI is InChI=1S/C18H22F4N2O2/c1-11(23-16(25)24-14-8-17(9-14)3-2-4-17)12-5-13(19)7-15(6-12)26-10-18(20,21)22/h5-7,11,14H,2-4,8-10H2,1H3,(H2,23,24,25). The Balaban J connectivity index is 1.52. The van der Waals surface area contributed by atoms with Gasteiger partial charge in [-0.1, -0.05) is 6.42 Å². The molecule has 8 heteroatoms. The molecule has 2 N–H and O–H groups in total. The highest BCUT2D eigenvalue weighted by atomic mass is 19.4. The van der Waals surface area contributed by atoms with E-state index in [1.807, 2.05) is 0 Å². The highest BCUT2D eigenvalue weighted by Crippen LogP contribution is 2.55. The van der Waals surface area contributed by atoms with Crippen molar-refractivity contribution in [3.63, 3.8) is 0 Å². The first kappa shape index (κ1) is 18.8. The van der Waals surface area contributed by atoms with Gasteiger partial charge in [-0.2, -0.15) is 13.2 Å². The number of halogens is 4. The van der Waals surface area contributed by atoms with Crippen molar-refractivity contribution in [2.75, 3.05) is 6.61 Å². The normalized spacial score (nSPS) is 20.0. The lowest BCUT2D eigenvalue weighted by Gasteiger charge is -2.54. The van der Waals surface area contributed by atoms with Gasteiger partial charge in [0.15, 0.2) is 6.61 Å². The van der Waals surface area contributed by atoms with Crippen molar-refractivity contribution in [1.82, 2.24) is 10.6 Å². The van der Waals surface area contributed by atoms with Crippen LogP contribution in [0.1, 0.15) is 50.6 Å². The van der Waals surface area contributed by atoms with Gasteiger partial charge >= 0.3 is 12.2 Å². The lowest BCUT2D eigenvalue weighted by Crippen LogP contribution is -2.55. The number of alkyl halides is 3. The van der Waals surface area contributed by atoms with Crippen LogP contribution in [0, 0.1) is 11.2 Å². The first-order valence-electron chi connectivity index (χ1n) is 8.71. The lowest BCUT2D eigenvalue weighted by atomic mass is 9.54. The van der Waals surface area contributed by atoms with Gasteiger partial charge in [0, 0.05) is 12.1 Å². The summed E-state index contributed by atoms with van der Waals surface area (Å²) in [6, 6.07) is 2.56. The van der Waals surface area contributed by atoms with Crippen LogP contribution < -0.4 is 15.4 Å². The minimum absolute atomic E-state index is 0.153. The zero-order valence-corrected chi connectivity index (χ0v) is 14.5. The molecule has 2 amide bonds. The third kappa shape index (κ3) is 4.59. The maximum absolute atomic E-state index is 13.7. The minimum Gasteiger partial charge on any atom is -0.484 e. The smallest absolute Gasteiger partial charge is 0.422 e. The van der Waals surface area contributed by atoms with E-state index < -0.39 is 24.6 Å². The van der Waals surface area contributed by atoms with E-state index in [9.17, 15) is 22.4 Å². The summed E-state index contributed by atoms with van der Waals surface area (Å²) in [6.07, 6.45) is 1.19. The Hall–Kier alpha value is -1.99. The Bertz CT molecular complexity index is 666. The average Bonchev–Trinajstić information content (AvgIpc) is 2.45. The van der Waals surface area contributed by atoms with Crippen LogP contribution in [0.3, 0.4) is 0 Å². The molecule has 144 valence electrons. The molecule has 2 saturated carbocycles. The molecule has 26 heavy (non-hydrogen) atoms. The van der Waals surface area contributed by atoms with Crippen molar-refractivity contribution in [2.45, 2.75) is 57.3 Å². The lowest BCUT2D eigenvalue weighted by molar-refractivity contribution is -0.153. The first-order chi connectivity index (χ1) is 12.1. The van der Waals surface area contributed by atoms with Crippen molar-refractivity contribution in [3.8, 4) is 5.75 Å². The summed E-state index contributed by atoms with van der Waals surface area (Å²) in [4.78, 5) is 12.1. The molecular formula is C18H22F4N2O2. The molecule has 0 saturated heterocycles. The average molecular weight is 374 g/mol. The second-order valence-corrected chi connectivity index (χ2v) is 7.42. The van der Waals surface area contributed by atoms with Gasteiger partial charge in [0.1, 0.15) is 11.6 Å². The summed E-state index contributed by atoms with van der Waals surface area (Å²) in [5, 5.41) is 5.58. The molecule has 1 atom stereocenters. The first-order valence-corrected chi connectivity index (χ1v) is 8.71. The number of nitrogens with one attached hydrogen (secondary N) is 2. The second kappa shape index (κ2) is 6.96. The summed E-state index contributed by atoms with van der Waals surface area (Å²) < 4.78 is 54.9. The molecule has 1 aromatic rings. The fraction of sp³-hybridized carbons (Fsp3) is 0.611. The zero-order valence-electron chi connectivity index (χ0n) is 14.5. The summed E-state index contributed by atoms with van der Waals surface area (Å²) in [5.41, 5.74) is 0.776. The summed E-state index contributed by atoms with van der Waals surface area (Å²) >= 11 is 0. The van der Waals surface area contributed by atoms with Gasteiger partial charge in [0.25, 0.3) is 0 Å². The van der Waals surface area contributed by atoms with E-state index in [0.717, 1.165) is 25.0 Å². The third-order valence-corrected chi connectivity index (χ3v) is 5.25. The van der Waals surface area contributed by atoms with Gasteiger partial charge in [-0.3, -0.25) is 0 Å². The topological polar surface area (TPSA) is 50.4 Å². The van der Waals surface area contributed by atoms with E-state index in [2.05, 4.69) is 15.4 Å². The van der Waals surface area contributed by atoms with Gasteiger partial charge in [-0.05, 0) is 55.7 Å². The molecule has 1 unspecified atom stereocenters. The highest BCUT2D eigenvalue weighted by molar-refractivity contribution is 5.75. The summed E-state index contributed by atoms with van der Waals surface area (Å²) in [6.45, 7) is 0.137. The molecule has 1 spiro atoms. The number of hydrogen-bond donors (Lipinski definition) is 2. The molecule has 2 fully saturated rings. The number of hydrogen-bond acceptors (Lipinski definition) is 2. The number of urea groups is 1. The van der Waals surface area contributed by atoms with E-state index in [1.165, 1.54) is 25.3 Å². The van der Waals surface area contributed by atoms with Crippen LogP contribution in [0.4, 0.5) is 22.4 Å². The van der Waals surface area contributed by atoms with Crippen molar-refractivity contribution in [2.24, 2.45) is 5.41 Å². The van der Waals surface area contributed by atoms with Crippen molar-refractivity contribution >= 4 is 6.03 Å². The van der Waals surface area contributed by atoms with Gasteiger partial charge in [-0.15, -0.1) is 0 Å². The van der Waals surface area contributed by atoms with Gasteiger partial charge in [-0.25, -0.2) is 9.18 Å². The molecular weight excluding hydrogens is 352 g/mol. The molecule has 4 nitrogen and oxygen atoms in total. The Morgan fingerprint density at radius 3 is 2.58 bits per heavy atom. The monoisotopic (exact) mass is 374 g/mol. The largest absolute Gasteiger partial charge is 0.484 e. The number of carbonyl (C=O) groups is 1. The molecule has 2 aliphatic carbocycles. The van der Waals surface area contributed by atoms with Gasteiger partial charge in [0.2, 0.25) is 0 Å². The van der Waals surface area contributed by atoms with Crippen molar-refractivity contribution in [1.29, 1.82) is 0 Å². The molecule has 0 bridgehead atoms. The zero-order chi connectivity index (χ0) is 18.9. The Labute approximate surface area is 149 Å². The van der Waals surface area contributed by atoms with Gasteiger partial charge < -0.3 is 15.4 Å². The van der Waals surface area contributed by atoms with Crippen LogP contribution in [-0.4, -0.2) is 24.9 Å². The molecule has 3 rings (SSSR count). The van der Waals surface area contributed by atoms with Gasteiger partial charge in [0.05, 0.1) is 6.04 Å². The number of rotatable bonds is 5. The predicted molar refractivity (Wildman–Crippen MR) is 87.3 cm³/mol. The molecule has 0 radical (unpaired) electrons. The number of amides is 2. The Morgan fingerprint density at radius 2 is 2.00 bits per heavy atom. The van der Waals surface area contributed by atoms with Crippen molar-refractivity contribution < 1.29 is 27.1 Å². The van der Waals surface area contributed by atoms with Crippen LogP contribution in [0.25, 0.3) is 0 Å². The molecule has 0 aromatic heterocycles. The highest BCUT2D eigenvalue weighted by Gasteiger charge is 2.48. The number of carbonyl (C=O) groups excluding carboxylic acids is 1. The molecule has 1 aromatic carbocycles. The van der Waals surface area contributed by atoms with Crippen LogP contribution in [0.2, 0.25) is 0 Å². The van der Waals surface area contributed by atoms with Crippen LogP contribution >= 0.6 is 0 Å². The summed E-state index contributed by atoms with van der Waals surface area (Å²) in [5.74, 6) is -0.947. The SMILES string of the molecule is CC(NC(=O)NC1CC2(CCC2)C1)c1cc(F)cc(OCC(F)(F)F)c1. The predicted octanol–water partition coefficient (Wildman–Crippen LogP) is 4.46. The minimum atomic E-state index is -4.50. The summed E-state index contributed by atoms with van der Waals surface area (Å²) in [7, 11) is 0. The Kier molecular flexibility index (Phi) is 5.03. The van der Waals surface area contributed by atoms with E-state index >= 15 is 0 Å². The van der Waals surface area contributed by atoms with E-state index in [4.69, 9.17) is 0 Å². The van der Waals surface area contributed by atoms with Crippen molar-refractivity contribution in [3.05, 3.63) is 29.6 Å². The number of benzene rings is 1. The molecule has 0 heterocycles. The van der Waals surface area contributed by atoms with Crippen LogP contribution in [0.5, 0.6) is 5.75 Å². The van der Waals surface area contributed by atoms with E-state index in [0.29, 0.717) is 11.0 Å². The fourth-order valence-corrected chi connectivity index (χ4v) is 3.76. The Morgan fingerprint density at radius 1 is 1.31 bits per heavy atom. The van der Waals surface area contributed by atoms with Crippen LogP contribution in [-0.2, 0) is 0 Å². The number of ether oxygens (including phenoxy) is 1.